The summed E-state index contributed by atoms with van der Waals surface area (Å²) in [6, 6.07) is 3.89. The van der Waals surface area contributed by atoms with E-state index in [0.717, 1.165) is 0 Å². The van der Waals surface area contributed by atoms with Crippen LogP contribution >= 0.6 is 0 Å². The molecule has 0 atom stereocenters. The first kappa shape index (κ1) is 16.3. The van der Waals surface area contributed by atoms with E-state index in [0.29, 0.717) is 0 Å². The monoisotopic (exact) mass is 204 g/mol. The van der Waals surface area contributed by atoms with Gasteiger partial charge in [-0.25, -0.2) is 0 Å². The largest absolute Gasteiger partial charge is 0.368 e. The molecular formula is C4H6LiMnNNiO. The number of aromatic amines is 1. The first-order valence-electron chi connectivity index (χ1n) is 1.73. The smallest absolute Gasteiger partial charge is 0.000496 e. The van der Waals surface area contributed by atoms with Crippen molar-refractivity contribution >= 4 is 0 Å². The third kappa shape index (κ3) is 12.0. The summed E-state index contributed by atoms with van der Waals surface area (Å²) >= 11 is 1.69. The van der Waals surface area contributed by atoms with Crippen molar-refractivity contribution in [3.8, 4) is 0 Å². The van der Waals surface area contributed by atoms with Gasteiger partial charge in [0.2, 0.25) is 0 Å². The summed E-state index contributed by atoms with van der Waals surface area (Å²) in [7, 11) is 0. The molecule has 1 aromatic rings. The number of hydrogen-bond donors (Lipinski definition) is 1. The van der Waals surface area contributed by atoms with E-state index in [2.05, 4.69) is 4.98 Å². The van der Waals surface area contributed by atoms with E-state index in [1.807, 2.05) is 24.5 Å². The van der Waals surface area contributed by atoms with Crippen LogP contribution in [0.5, 0.6) is 0 Å². The van der Waals surface area contributed by atoms with E-state index in [9.17, 15) is 0 Å². The second kappa shape index (κ2) is 15.9. The second-order valence-corrected chi connectivity index (χ2v) is 0.885. The van der Waals surface area contributed by atoms with Crippen molar-refractivity contribution in [2.45, 2.75) is 0 Å². The van der Waals surface area contributed by atoms with Gasteiger partial charge in [-0.3, -0.25) is 0 Å². The Morgan fingerprint density at radius 2 is 1.56 bits per heavy atom. The van der Waals surface area contributed by atoms with Gasteiger partial charge in [0.25, 0.3) is 0 Å². The van der Waals surface area contributed by atoms with Crippen LogP contribution in [0.3, 0.4) is 0 Å². The Morgan fingerprint density at radius 3 is 1.67 bits per heavy atom. The SMILES string of the molecule is [H-].[Li+].[Ni].[O]=[Mn].c1cc[nH]c1. The van der Waals surface area contributed by atoms with Gasteiger partial charge in [-0.1, -0.05) is 0 Å². The van der Waals surface area contributed by atoms with E-state index in [4.69, 9.17) is 3.83 Å². The van der Waals surface area contributed by atoms with Crippen molar-refractivity contribution in [3.05, 3.63) is 24.5 Å². The quantitative estimate of drug-likeness (QED) is 0.488. The summed E-state index contributed by atoms with van der Waals surface area (Å²) < 4.78 is 8.06. The van der Waals surface area contributed by atoms with Crippen LogP contribution in [0, 0.1) is 0 Å². The third-order valence-electron chi connectivity index (χ3n) is 0.496. The van der Waals surface area contributed by atoms with Crippen molar-refractivity contribution in [3.63, 3.8) is 0 Å². The molecule has 1 aromatic heterocycles. The van der Waals surface area contributed by atoms with Gasteiger partial charge in [-0.05, 0) is 12.1 Å². The maximum Gasteiger partial charge on any atom is 0.000496 e. The van der Waals surface area contributed by atoms with Crippen LogP contribution in [0.15, 0.2) is 24.5 Å². The summed E-state index contributed by atoms with van der Waals surface area (Å²) in [6.45, 7) is 0. The molecule has 1 heterocycles. The number of rotatable bonds is 0. The predicted octanol–water partition coefficient (Wildman–Crippen LogP) is -1.99. The minimum atomic E-state index is 0. The molecule has 2 nitrogen and oxygen atoms in total. The first-order chi connectivity index (χ1) is 3.50. The van der Waals surface area contributed by atoms with E-state index in [-0.39, 0.29) is 36.8 Å². The molecule has 0 amide bonds. The first-order valence-corrected chi connectivity index (χ1v) is 2.21. The van der Waals surface area contributed by atoms with Gasteiger partial charge in [0.15, 0.2) is 0 Å². The van der Waals surface area contributed by atoms with Crippen LogP contribution in [0.1, 0.15) is 1.43 Å². The number of aromatic nitrogens is 1. The standard InChI is InChI=1S/C4H5N.Li.Mn.Ni.O.H/c1-2-4-5-3-1;;;;;/h1-5H;;;;;/q;+1;;;;-1. The topological polar surface area (TPSA) is 32.9 Å². The van der Waals surface area contributed by atoms with Crippen molar-refractivity contribution in [2.75, 3.05) is 0 Å². The third-order valence-corrected chi connectivity index (χ3v) is 0.496. The molecule has 0 unspecified atom stereocenters. The average molecular weight is 205 g/mol. The van der Waals surface area contributed by atoms with Gasteiger partial charge >= 0.3 is 38.6 Å². The molecule has 51 valence electrons. The molecular weight excluding hydrogens is 199 g/mol. The Balaban J connectivity index is -0.0000000337. The van der Waals surface area contributed by atoms with Gasteiger partial charge < -0.3 is 6.41 Å². The zero-order valence-electron chi connectivity index (χ0n) is 5.91. The molecule has 0 aromatic carbocycles. The van der Waals surface area contributed by atoms with Crippen LogP contribution < -0.4 is 18.9 Å². The molecule has 0 spiro atoms. The molecule has 0 aliphatic heterocycles. The van der Waals surface area contributed by atoms with Crippen LogP contribution in [0.2, 0.25) is 0 Å². The molecule has 0 saturated carbocycles. The van der Waals surface area contributed by atoms with Crippen molar-refractivity contribution < 1.29 is 56.6 Å². The van der Waals surface area contributed by atoms with E-state index in [1.54, 1.807) is 15.9 Å². The fourth-order valence-corrected chi connectivity index (χ4v) is 0.278. The summed E-state index contributed by atoms with van der Waals surface area (Å²) in [5.41, 5.74) is 0. The summed E-state index contributed by atoms with van der Waals surface area (Å²) in [5, 5.41) is 0. The second-order valence-electron chi connectivity index (χ2n) is 0.885. The van der Waals surface area contributed by atoms with Crippen LogP contribution in [0.25, 0.3) is 0 Å². The number of nitrogens with one attached hydrogen (secondary N) is 1. The van der Waals surface area contributed by atoms with Gasteiger partial charge in [-0.2, -0.15) is 0 Å². The van der Waals surface area contributed by atoms with Gasteiger partial charge in [0.1, 0.15) is 0 Å². The van der Waals surface area contributed by atoms with E-state index in [1.165, 1.54) is 0 Å². The summed E-state index contributed by atoms with van der Waals surface area (Å²) in [4.78, 5) is 2.86. The Kier molecular flexibility index (Phi) is 28.8. The van der Waals surface area contributed by atoms with Gasteiger partial charge in [-0.15, -0.1) is 0 Å². The van der Waals surface area contributed by atoms with Crippen LogP contribution in [-0.2, 0) is 36.3 Å². The molecule has 0 aliphatic carbocycles. The molecule has 1 N–H and O–H groups in total. The zero-order chi connectivity index (χ0) is 5.54. The predicted molar refractivity (Wildman–Crippen MR) is 22.6 cm³/mol. The molecule has 0 fully saturated rings. The Morgan fingerprint density at radius 1 is 1.22 bits per heavy atom. The van der Waals surface area contributed by atoms with Crippen molar-refractivity contribution in [1.82, 2.24) is 4.98 Å². The maximum atomic E-state index is 8.06. The minimum Gasteiger partial charge on any atom is -0.368 e. The normalized spacial score (nSPS) is 4.89. The van der Waals surface area contributed by atoms with Crippen molar-refractivity contribution in [2.24, 2.45) is 0 Å². The maximum absolute atomic E-state index is 8.06. The number of H-pyrrole nitrogens is 1. The minimum absolute atomic E-state index is 0. The van der Waals surface area contributed by atoms with Crippen LogP contribution in [0.4, 0.5) is 0 Å². The number of hydrogen-bond acceptors (Lipinski definition) is 1. The summed E-state index contributed by atoms with van der Waals surface area (Å²) in [5.74, 6) is 0. The van der Waals surface area contributed by atoms with E-state index < -0.39 is 0 Å². The van der Waals surface area contributed by atoms with Gasteiger partial charge in [0, 0.05) is 28.9 Å². The molecule has 0 bridgehead atoms. The Bertz CT molecular complexity index is 92.2. The fourth-order valence-electron chi connectivity index (χ4n) is 0.278. The Labute approximate surface area is 85.8 Å². The van der Waals surface area contributed by atoms with Gasteiger partial charge in [0.05, 0.1) is 0 Å². The van der Waals surface area contributed by atoms with E-state index >= 15 is 0 Å². The molecule has 5 heteroatoms. The molecule has 0 radical (unpaired) electrons. The van der Waals surface area contributed by atoms with Crippen LogP contribution in [-0.4, -0.2) is 4.98 Å². The zero-order valence-corrected chi connectivity index (χ0v) is 7.08. The summed E-state index contributed by atoms with van der Waals surface area (Å²) in [6.07, 6.45) is 3.75. The molecule has 0 aliphatic rings. The average Bonchev–Trinajstić information content (AvgIpc) is 2.23. The molecule has 1 rings (SSSR count). The Hall–Kier alpha value is 0.690. The van der Waals surface area contributed by atoms with Crippen molar-refractivity contribution in [1.29, 1.82) is 0 Å². The molecule has 9 heavy (non-hydrogen) atoms. The fraction of sp³-hybridized carbons (Fsp3) is 0. The molecule has 0 saturated heterocycles.